The van der Waals surface area contributed by atoms with Gasteiger partial charge in [-0.2, -0.15) is 5.10 Å². The first-order valence-corrected chi connectivity index (χ1v) is 10.2. The van der Waals surface area contributed by atoms with E-state index in [0.29, 0.717) is 10.8 Å². The standard InChI is InChI=1S/C21H26ClN3O4/c1-21(2,12-28-20(27)15-6-4-3-5-7-15)18(26)19(25-14-23-13-24-25)29-17-10-8-16(22)9-11-17/h8-11,13-15,19H,3-7,12H2,1-2H3. The van der Waals surface area contributed by atoms with Crippen molar-refractivity contribution < 1.29 is 19.1 Å². The Hall–Kier alpha value is -2.41. The molecule has 1 saturated carbocycles. The molecule has 7 nitrogen and oxygen atoms in total. The van der Waals surface area contributed by atoms with E-state index in [1.807, 2.05) is 0 Å². The fourth-order valence-corrected chi connectivity index (χ4v) is 3.45. The number of rotatable bonds is 8. The Morgan fingerprint density at radius 2 is 1.90 bits per heavy atom. The van der Waals surface area contributed by atoms with Crippen LogP contribution in [0.4, 0.5) is 0 Å². The summed E-state index contributed by atoms with van der Waals surface area (Å²) >= 11 is 5.92. The van der Waals surface area contributed by atoms with Crippen LogP contribution in [0.3, 0.4) is 0 Å². The van der Waals surface area contributed by atoms with Crippen LogP contribution in [-0.2, 0) is 14.3 Å². The van der Waals surface area contributed by atoms with Crippen LogP contribution in [0.5, 0.6) is 5.75 Å². The highest BCUT2D eigenvalue weighted by molar-refractivity contribution is 6.30. The molecule has 0 N–H and O–H groups in total. The molecule has 0 bridgehead atoms. The van der Waals surface area contributed by atoms with E-state index in [2.05, 4.69) is 10.1 Å². The van der Waals surface area contributed by atoms with E-state index in [-0.39, 0.29) is 24.3 Å². The molecule has 156 valence electrons. The van der Waals surface area contributed by atoms with Gasteiger partial charge in [0.1, 0.15) is 25.0 Å². The zero-order valence-electron chi connectivity index (χ0n) is 16.7. The molecule has 1 aromatic carbocycles. The maximum atomic E-state index is 13.3. The molecule has 1 aliphatic carbocycles. The third-order valence-corrected chi connectivity index (χ3v) is 5.40. The van der Waals surface area contributed by atoms with E-state index in [4.69, 9.17) is 21.1 Å². The van der Waals surface area contributed by atoms with Crippen molar-refractivity contribution in [3.8, 4) is 5.75 Å². The van der Waals surface area contributed by atoms with Gasteiger partial charge in [0, 0.05) is 5.02 Å². The molecule has 0 spiro atoms. The average molecular weight is 420 g/mol. The normalized spacial score (nSPS) is 16.2. The number of benzene rings is 1. The first kappa shape index (κ1) is 21.3. The number of Topliss-reactive ketones (excluding diaryl/α,β-unsaturated/α-hetero) is 1. The average Bonchev–Trinajstić information content (AvgIpc) is 3.26. The molecular weight excluding hydrogens is 394 g/mol. The van der Waals surface area contributed by atoms with E-state index in [1.165, 1.54) is 17.3 Å². The Morgan fingerprint density at radius 1 is 1.21 bits per heavy atom. The fourth-order valence-electron chi connectivity index (χ4n) is 3.32. The molecule has 1 unspecified atom stereocenters. The molecule has 0 saturated heterocycles. The van der Waals surface area contributed by atoms with Crippen LogP contribution in [0.15, 0.2) is 36.9 Å². The van der Waals surface area contributed by atoms with Crippen molar-refractivity contribution in [2.24, 2.45) is 11.3 Å². The number of esters is 1. The Morgan fingerprint density at radius 3 is 2.52 bits per heavy atom. The number of carbonyl (C=O) groups excluding carboxylic acids is 2. The Labute approximate surface area is 175 Å². The molecule has 1 aromatic heterocycles. The minimum absolute atomic E-state index is 0.0175. The van der Waals surface area contributed by atoms with Gasteiger partial charge in [0.2, 0.25) is 5.78 Å². The molecule has 8 heteroatoms. The maximum Gasteiger partial charge on any atom is 0.308 e. The van der Waals surface area contributed by atoms with Gasteiger partial charge in [-0.25, -0.2) is 9.67 Å². The SMILES string of the molecule is CC(C)(COC(=O)C1CCCCC1)C(=O)C(Oc1ccc(Cl)cc1)n1cncn1. The molecule has 1 atom stereocenters. The van der Waals surface area contributed by atoms with Gasteiger partial charge in [-0.3, -0.25) is 9.59 Å². The van der Waals surface area contributed by atoms with Crippen molar-refractivity contribution in [3.63, 3.8) is 0 Å². The zero-order valence-corrected chi connectivity index (χ0v) is 17.5. The van der Waals surface area contributed by atoms with E-state index in [0.717, 1.165) is 32.1 Å². The molecule has 2 aromatic rings. The number of ether oxygens (including phenoxy) is 2. The summed E-state index contributed by atoms with van der Waals surface area (Å²) in [6.07, 6.45) is 6.68. The van der Waals surface area contributed by atoms with Crippen LogP contribution in [0.2, 0.25) is 5.02 Å². The summed E-state index contributed by atoms with van der Waals surface area (Å²) in [6, 6.07) is 6.71. The van der Waals surface area contributed by atoms with Crippen LogP contribution >= 0.6 is 11.6 Å². The van der Waals surface area contributed by atoms with Gasteiger partial charge >= 0.3 is 5.97 Å². The minimum atomic E-state index is -1.04. The van der Waals surface area contributed by atoms with Crippen molar-refractivity contribution in [3.05, 3.63) is 41.9 Å². The predicted octanol–water partition coefficient (Wildman–Crippen LogP) is 4.23. The minimum Gasteiger partial charge on any atom is -0.464 e. The Balaban J connectivity index is 1.69. The third kappa shape index (κ3) is 5.56. The number of nitrogens with zero attached hydrogens (tertiary/aromatic N) is 3. The lowest BCUT2D eigenvalue weighted by atomic mass is 9.87. The summed E-state index contributed by atoms with van der Waals surface area (Å²) in [5, 5.41) is 4.63. The molecule has 0 radical (unpaired) electrons. The van der Waals surface area contributed by atoms with E-state index in [1.54, 1.807) is 38.1 Å². The lowest BCUT2D eigenvalue weighted by Crippen LogP contribution is -2.40. The van der Waals surface area contributed by atoms with Crippen molar-refractivity contribution >= 4 is 23.4 Å². The molecule has 29 heavy (non-hydrogen) atoms. The van der Waals surface area contributed by atoms with Gasteiger partial charge in [-0.1, -0.05) is 30.9 Å². The quantitative estimate of drug-likeness (QED) is 0.595. The molecule has 0 aliphatic heterocycles. The van der Waals surface area contributed by atoms with Crippen LogP contribution in [0.1, 0.15) is 52.2 Å². The second-order valence-electron chi connectivity index (χ2n) is 7.99. The molecule has 1 heterocycles. The van der Waals surface area contributed by atoms with Gasteiger partial charge in [-0.05, 0) is 51.0 Å². The van der Waals surface area contributed by atoms with Crippen LogP contribution in [-0.4, -0.2) is 33.1 Å². The smallest absolute Gasteiger partial charge is 0.308 e. The number of ketones is 1. The Kier molecular flexibility index (Phi) is 6.90. The van der Waals surface area contributed by atoms with E-state index in [9.17, 15) is 9.59 Å². The highest BCUT2D eigenvalue weighted by Crippen LogP contribution is 2.29. The van der Waals surface area contributed by atoms with Crippen LogP contribution in [0, 0.1) is 11.3 Å². The highest BCUT2D eigenvalue weighted by Gasteiger charge is 2.38. The zero-order chi connectivity index (χ0) is 20.9. The van der Waals surface area contributed by atoms with Crippen molar-refractivity contribution in [2.45, 2.75) is 52.2 Å². The predicted molar refractivity (Wildman–Crippen MR) is 107 cm³/mol. The molecule has 1 fully saturated rings. The summed E-state index contributed by atoms with van der Waals surface area (Å²) in [6.45, 7) is 3.45. The first-order chi connectivity index (χ1) is 13.9. The van der Waals surface area contributed by atoms with E-state index < -0.39 is 11.6 Å². The first-order valence-electron chi connectivity index (χ1n) is 9.84. The number of carbonyl (C=O) groups is 2. The monoisotopic (exact) mass is 419 g/mol. The number of hydrogen-bond acceptors (Lipinski definition) is 6. The van der Waals surface area contributed by atoms with Crippen LogP contribution in [0.25, 0.3) is 0 Å². The number of hydrogen-bond donors (Lipinski definition) is 0. The maximum absolute atomic E-state index is 13.3. The summed E-state index contributed by atoms with van der Waals surface area (Å²) in [7, 11) is 0. The molecule has 0 amide bonds. The fraction of sp³-hybridized carbons (Fsp3) is 0.524. The van der Waals surface area contributed by atoms with Gasteiger partial charge in [0.05, 0.1) is 11.3 Å². The van der Waals surface area contributed by atoms with Gasteiger partial charge < -0.3 is 9.47 Å². The van der Waals surface area contributed by atoms with Gasteiger partial charge in [0.25, 0.3) is 6.23 Å². The molecular formula is C21H26ClN3O4. The number of aromatic nitrogens is 3. The molecule has 1 aliphatic rings. The summed E-state index contributed by atoms with van der Waals surface area (Å²) in [4.78, 5) is 29.6. The van der Waals surface area contributed by atoms with Gasteiger partial charge in [0.15, 0.2) is 0 Å². The summed E-state index contributed by atoms with van der Waals surface area (Å²) < 4.78 is 12.8. The topological polar surface area (TPSA) is 83.3 Å². The third-order valence-electron chi connectivity index (χ3n) is 5.14. The molecule has 3 rings (SSSR count). The highest BCUT2D eigenvalue weighted by atomic mass is 35.5. The summed E-state index contributed by atoms with van der Waals surface area (Å²) in [5.74, 6) is -0.0831. The van der Waals surface area contributed by atoms with Crippen molar-refractivity contribution in [2.75, 3.05) is 6.61 Å². The Bertz CT molecular complexity index is 815. The van der Waals surface area contributed by atoms with Gasteiger partial charge in [-0.15, -0.1) is 0 Å². The largest absolute Gasteiger partial charge is 0.464 e. The van der Waals surface area contributed by atoms with Crippen molar-refractivity contribution in [1.29, 1.82) is 0 Å². The lowest BCUT2D eigenvalue weighted by molar-refractivity contribution is -0.157. The summed E-state index contributed by atoms with van der Waals surface area (Å²) in [5.41, 5.74) is -0.965. The number of halogens is 1. The second-order valence-corrected chi connectivity index (χ2v) is 8.43. The second kappa shape index (κ2) is 9.39. The van der Waals surface area contributed by atoms with E-state index >= 15 is 0 Å². The lowest BCUT2D eigenvalue weighted by Gasteiger charge is -2.29. The van der Waals surface area contributed by atoms with Crippen molar-refractivity contribution in [1.82, 2.24) is 14.8 Å². The van der Waals surface area contributed by atoms with Crippen LogP contribution < -0.4 is 4.74 Å².